The van der Waals surface area contributed by atoms with Crippen LogP contribution in [0.5, 0.6) is 0 Å². The summed E-state index contributed by atoms with van der Waals surface area (Å²) in [5.41, 5.74) is 0. The van der Waals surface area contributed by atoms with Crippen molar-refractivity contribution in [3.05, 3.63) is 36.5 Å². The molecule has 0 spiro atoms. The normalized spacial score (nSPS) is 17.9. The van der Waals surface area contributed by atoms with Gasteiger partial charge in [0, 0.05) is 37.8 Å². The van der Waals surface area contributed by atoms with Crippen molar-refractivity contribution in [1.29, 1.82) is 0 Å². The van der Waals surface area contributed by atoms with Gasteiger partial charge in [0.2, 0.25) is 0 Å². The predicted molar refractivity (Wildman–Crippen MR) is 82.6 cm³/mol. The van der Waals surface area contributed by atoms with Gasteiger partial charge in [-0.3, -0.25) is 9.69 Å². The molecule has 0 aliphatic carbocycles. The minimum absolute atomic E-state index is 0.423. The molecule has 0 amide bonds. The maximum atomic E-state index is 11.1. The Hall–Kier alpha value is -2.14. The van der Waals surface area contributed by atoms with E-state index in [0.29, 0.717) is 0 Å². The highest BCUT2D eigenvalue weighted by Crippen LogP contribution is 2.25. The molecule has 2 heterocycles. The van der Waals surface area contributed by atoms with Crippen LogP contribution in [-0.4, -0.2) is 53.2 Å². The monoisotopic (exact) mass is 285 g/mol. The third-order valence-corrected chi connectivity index (χ3v) is 4.17. The molecule has 5 heteroatoms. The molecule has 1 fully saturated rings. The van der Waals surface area contributed by atoms with Crippen molar-refractivity contribution in [1.82, 2.24) is 9.88 Å². The van der Waals surface area contributed by atoms with E-state index in [-0.39, 0.29) is 0 Å². The SMILES string of the molecule is CC(C(=O)O)N1CCN(c2nccc3ccccc23)CC1. The largest absolute Gasteiger partial charge is 0.480 e. The van der Waals surface area contributed by atoms with Crippen molar-refractivity contribution in [2.75, 3.05) is 31.1 Å². The lowest BCUT2D eigenvalue weighted by molar-refractivity contribution is -0.142. The van der Waals surface area contributed by atoms with E-state index in [0.717, 1.165) is 37.4 Å². The second-order valence-electron chi connectivity index (χ2n) is 5.39. The van der Waals surface area contributed by atoms with E-state index in [9.17, 15) is 4.79 Å². The number of hydrogen-bond donors (Lipinski definition) is 1. The molecular formula is C16H19N3O2. The zero-order valence-corrected chi connectivity index (χ0v) is 12.1. The van der Waals surface area contributed by atoms with Gasteiger partial charge >= 0.3 is 5.97 Å². The number of benzene rings is 1. The fraction of sp³-hybridized carbons (Fsp3) is 0.375. The van der Waals surface area contributed by atoms with E-state index >= 15 is 0 Å². The minimum atomic E-state index is -0.758. The first-order valence-electron chi connectivity index (χ1n) is 7.22. The van der Waals surface area contributed by atoms with E-state index < -0.39 is 12.0 Å². The van der Waals surface area contributed by atoms with Crippen molar-refractivity contribution >= 4 is 22.6 Å². The Balaban J connectivity index is 1.79. The Labute approximate surface area is 123 Å². The molecule has 21 heavy (non-hydrogen) atoms. The van der Waals surface area contributed by atoms with Crippen molar-refractivity contribution < 1.29 is 9.90 Å². The molecule has 1 N–H and O–H groups in total. The number of anilines is 1. The zero-order chi connectivity index (χ0) is 14.8. The molecule has 0 bridgehead atoms. The number of piperazine rings is 1. The van der Waals surface area contributed by atoms with E-state index in [1.54, 1.807) is 6.92 Å². The van der Waals surface area contributed by atoms with Gasteiger partial charge in [-0.1, -0.05) is 24.3 Å². The summed E-state index contributed by atoms with van der Waals surface area (Å²) in [7, 11) is 0. The van der Waals surface area contributed by atoms with Gasteiger partial charge in [-0.25, -0.2) is 4.98 Å². The smallest absolute Gasteiger partial charge is 0.320 e. The van der Waals surface area contributed by atoms with E-state index in [4.69, 9.17) is 5.11 Å². The van der Waals surface area contributed by atoms with Crippen molar-refractivity contribution in [2.45, 2.75) is 13.0 Å². The molecule has 0 radical (unpaired) electrons. The maximum Gasteiger partial charge on any atom is 0.320 e. The van der Waals surface area contributed by atoms with Gasteiger partial charge < -0.3 is 10.0 Å². The van der Waals surface area contributed by atoms with Crippen molar-refractivity contribution in [3.8, 4) is 0 Å². The summed E-state index contributed by atoms with van der Waals surface area (Å²) >= 11 is 0. The van der Waals surface area contributed by atoms with Gasteiger partial charge in [-0.2, -0.15) is 0 Å². The summed E-state index contributed by atoms with van der Waals surface area (Å²) in [6, 6.07) is 9.82. The van der Waals surface area contributed by atoms with Crippen LogP contribution < -0.4 is 4.90 Å². The Bertz CT molecular complexity index is 646. The van der Waals surface area contributed by atoms with E-state index in [1.165, 1.54) is 5.39 Å². The number of rotatable bonds is 3. The quantitative estimate of drug-likeness (QED) is 0.932. The van der Waals surface area contributed by atoms with Crippen molar-refractivity contribution in [2.24, 2.45) is 0 Å². The summed E-state index contributed by atoms with van der Waals surface area (Å²) in [5.74, 6) is 0.238. The number of carboxylic acid groups (broad SMARTS) is 1. The molecule has 2 aromatic rings. The Morgan fingerprint density at radius 3 is 2.62 bits per heavy atom. The summed E-state index contributed by atoms with van der Waals surface area (Å²) in [6.45, 7) is 4.85. The molecule has 3 rings (SSSR count). The molecule has 0 saturated carbocycles. The number of pyridine rings is 1. The van der Waals surface area contributed by atoms with Crippen LogP contribution in [0.1, 0.15) is 6.92 Å². The highest BCUT2D eigenvalue weighted by Gasteiger charge is 2.26. The second kappa shape index (κ2) is 5.69. The number of nitrogens with zero attached hydrogens (tertiary/aromatic N) is 3. The summed E-state index contributed by atoms with van der Waals surface area (Å²) in [6.07, 6.45) is 1.84. The van der Waals surface area contributed by atoms with Gasteiger partial charge in [0.15, 0.2) is 0 Å². The average Bonchev–Trinajstić information content (AvgIpc) is 2.53. The zero-order valence-electron chi connectivity index (χ0n) is 12.1. The summed E-state index contributed by atoms with van der Waals surface area (Å²) in [4.78, 5) is 19.8. The fourth-order valence-electron chi connectivity index (χ4n) is 2.83. The minimum Gasteiger partial charge on any atom is -0.480 e. The van der Waals surface area contributed by atoms with Gasteiger partial charge in [-0.05, 0) is 18.4 Å². The second-order valence-corrected chi connectivity index (χ2v) is 5.39. The van der Waals surface area contributed by atoms with Gasteiger partial charge in [0.25, 0.3) is 0 Å². The molecule has 1 aliphatic heterocycles. The molecule has 1 aromatic carbocycles. The lowest BCUT2D eigenvalue weighted by Crippen LogP contribution is -2.52. The average molecular weight is 285 g/mol. The number of hydrogen-bond acceptors (Lipinski definition) is 4. The fourth-order valence-corrected chi connectivity index (χ4v) is 2.83. The number of carbonyl (C=O) groups is 1. The molecule has 1 saturated heterocycles. The van der Waals surface area contributed by atoms with Crippen LogP contribution in [0, 0.1) is 0 Å². The Morgan fingerprint density at radius 2 is 1.90 bits per heavy atom. The summed E-state index contributed by atoms with van der Waals surface area (Å²) in [5, 5.41) is 11.4. The number of carboxylic acids is 1. The van der Waals surface area contributed by atoms with Crippen LogP contribution in [0.15, 0.2) is 36.5 Å². The number of fused-ring (bicyclic) bond motifs is 1. The Kier molecular flexibility index (Phi) is 3.75. The summed E-state index contributed by atoms with van der Waals surface area (Å²) < 4.78 is 0. The standard InChI is InChI=1S/C16H19N3O2/c1-12(16(20)21)18-8-10-19(11-9-18)15-14-5-3-2-4-13(14)6-7-17-15/h2-7,12H,8-11H2,1H3,(H,20,21). The molecule has 1 aromatic heterocycles. The first kappa shape index (κ1) is 13.8. The van der Waals surface area contributed by atoms with Gasteiger partial charge in [0.05, 0.1) is 0 Å². The molecule has 110 valence electrons. The molecule has 1 atom stereocenters. The number of aliphatic carboxylic acids is 1. The van der Waals surface area contributed by atoms with Crippen LogP contribution in [0.3, 0.4) is 0 Å². The highest BCUT2D eigenvalue weighted by molar-refractivity contribution is 5.92. The van der Waals surface area contributed by atoms with Crippen LogP contribution in [0.25, 0.3) is 10.8 Å². The first-order chi connectivity index (χ1) is 10.2. The van der Waals surface area contributed by atoms with Gasteiger partial charge in [-0.15, -0.1) is 0 Å². The maximum absolute atomic E-state index is 11.1. The van der Waals surface area contributed by atoms with E-state index in [2.05, 4.69) is 22.0 Å². The van der Waals surface area contributed by atoms with Crippen LogP contribution in [0.2, 0.25) is 0 Å². The topological polar surface area (TPSA) is 56.7 Å². The molecule has 1 unspecified atom stereocenters. The van der Waals surface area contributed by atoms with Crippen LogP contribution in [-0.2, 0) is 4.79 Å². The van der Waals surface area contributed by atoms with Crippen LogP contribution in [0.4, 0.5) is 5.82 Å². The number of aromatic nitrogens is 1. The van der Waals surface area contributed by atoms with Crippen LogP contribution >= 0.6 is 0 Å². The molecule has 1 aliphatic rings. The predicted octanol–water partition coefficient (Wildman–Crippen LogP) is 1.83. The Morgan fingerprint density at radius 1 is 1.19 bits per heavy atom. The first-order valence-corrected chi connectivity index (χ1v) is 7.22. The molecular weight excluding hydrogens is 266 g/mol. The third kappa shape index (κ3) is 2.69. The molecule has 5 nitrogen and oxygen atoms in total. The third-order valence-electron chi connectivity index (χ3n) is 4.17. The lowest BCUT2D eigenvalue weighted by atomic mass is 10.1. The van der Waals surface area contributed by atoms with E-state index in [1.807, 2.05) is 29.3 Å². The van der Waals surface area contributed by atoms with Gasteiger partial charge in [0.1, 0.15) is 11.9 Å². The lowest BCUT2D eigenvalue weighted by Gasteiger charge is -2.37. The highest BCUT2D eigenvalue weighted by atomic mass is 16.4. The van der Waals surface area contributed by atoms with Crippen molar-refractivity contribution in [3.63, 3.8) is 0 Å².